The highest BCUT2D eigenvalue weighted by molar-refractivity contribution is 7.14. The van der Waals surface area contributed by atoms with Gasteiger partial charge < -0.3 is 14.6 Å². The van der Waals surface area contributed by atoms with Crippen molar-refractivity contribution in [2.75, 3.05) is 19.2 Å². The molecule has 1 aliphatic heterocycles. The van der Waals surface area contributed by atoms with E-state index in [2.05, 4.69) is 10.1 Å². The molecule has 0 saturated carbocycles. The molecule has 3 aromatic rings. The summed E-state index contributed by atoms with van der Waals surface area (Å²) in [5, 5.41) is 17.7. The van der Waals surface area contributed by atoms with Gasteiger partial charge in [0, 0.05) is 16.5 Å². The number of hydrogen-bond donors (Lipinski definition) is 1. The topological polar surface area (TPSA) is 67.2 Å². The summed E-state index contributed by atoms with van der Waals surface area (Å²) in [5.74, 6) is 0.0514. The lowest BCUT2D eigenvalue weighted by atomic mass is 9.77. The van der Waals surface area contributed by atoms with Crippen LogP contribution in [0.2, 0.25) is 0 Å². The van der Waals surface area contributed by atoms with Crippen molar-refractivity contribution < 1.29 is 27.8 Å². The summed E-state index contributed by atoms with van der Waals surface area (Å²) in [6.45, 7) is 0. The first-order valence-corrected chi connectivity index (χ1v) is 11.1. The van der Waals surface area contributed by atoms with Gasteiger partial charge in [-0.25, -0.2) is 4.98 Å². The summed E-state index contributed by atoms with van der Waals surface area (Å²) in [7, 11) is 3.08. The quantitative estimate of drug-likeness (QED) is 0.584. The lowest BCUT2D eigenvalue weighted by molar-refractivity contribution is -0.268. The van der Waals surface area contributed by atoms with Crippen molar-refractivity contribution >= 4 is 22.2 Å². The van der Waals surface area contributed by atoms with Gasteiger partial charge in [0.1, 0.15) is 11.5 Å². The number of hydrogen-bond acceptors (Lipinski definition) is 7. The Labute approximate surface area is 191 Å². The molecule has 172 valence electrons. The van der Waals surface area contributed by atoms with E-state index in [1.165, 1.54) is 7.11 Å². The monoisotopic (exact) mass is 475 g/mol. The van der Waals surface area contributed by atoms with E-state index in [4.69, 9.17) is 9.47 Å². The molecule has 0 saturated heterocycles. The van der Waals surface area contributed by atoms with Crippen LogP contribution in [0.3, 0.4) is 0 Å². The van der Waals surface area contributed by atoms with Gasteiger partial charge in [-0.05, 0) is 60.9 Å². The van der Waals surface area contributed by atoms with Gasteiger partial charge >= 0.3 is 6.18 Å². The third-order valence-electron chi connectivity index (χ3n) is 6.11. The van der Waals surface area contributed by atoms with E-state index in [9.17, 15) is 18.3 Å². The van der Waals surface area contributed by atoms with E-state index < -0.39 is 17.8 Å². The van der Waals surface area contributed by atoms with Crippen LogP contribution >= 0.6 is 11.3 Å². The number of halogens is 3. The molecular formula is C23H20F3N3O3S. The first kappa shape index (κ1) is 21.7. The smallest absolute Gasteiger partial charge is 0.439 e. The zero-order valence-electron chi connectivity index (χ0n) is 17.8. The molecule has 33 heavy (non-hydrogen) atoms. The second-order valence-electron chi connectivity index (χ2n) is 7.88. The van der Waals surface area contributed by atoms with E-state index in [1.807, 2.05) is 0 Å². The predicted molar refractivity (Wildman–Crippen MR) is 119 cm³/mol. The van der Waals surface area contributed by atoms with Crippen molar-refractivity contribution in [3.63, 3.8) is 0 Å². The molecular weight excluding hydrogens is 455 g/mol. The lowest BCUT2D eigenvalue weighted by Gasteiger charge is -2.38. The number of rotatable bonds is 4. The minimum atomic E-state index is -4.95. The molecule has 1 aromatic heterocycles. The zero-order valence-corrected chi connectivity index (χ0v) is 18.6. The second-order valence-corrected chi connectivity index (χ2v) is 8.72. The number of alkyl halides is 3. The number of thiazole rings is 1. The SMILES string of the molecule is COc1ccc(-c2csc(N3N=C4c5ccc(OC)cc5CC[C@@H]4[C@@]3(O)C(F)(F)F)n2)cc1. The normalized spacial score (nSPS) is 21.9. The fourth-order valence-electron chi connectivity index (χ4n) is 4.39. The van der Waals surface area contributed by atoms with Gasteiger partial charge in [0.25, 0.3) is 5.72 Å². The van der Waals surface area contributed by atoms with E-state index in [-0.39, 0.29) is 17.3 Å². The van der Waals surface area contributed by atoms with Crippen molar-refractivity contribution in [2.24, 2.45) is 11.0 Å². The third-order valence-corrected chi connectivity index (χ3v) is 6.93. The minimum absolute atomic E-state index is 0.0300. The lowest BCUT2D eigenvalue weighted by Crippen LogP contribution is -2.60. The van der Waals surface area contributed by atoms with Crippen molar-refractivity contribution in [2.45, 2.75) is 24.7 Å². The predicted octanol–water partition coefficient (Wildman–Crippen LogP) is 4.86. The molecule has 0 radical (unpaired) electrons. The van der Waals surface area contributed by atoms with Crippen molar-refractivity contribution in [3.05, 3.63) is 59.0 Å². The zero-order chi connectivity index (χ0) is 23.4. The molecule has 0 bridgehead atoms. The molecule has 2 atom stereocenters. The Morgan fingerprint density at radius 3 is 2.45 bits per heavy atom. The Morgan fingerprint density at radius 2 is 1.79 bits per heavy atom. The van der Waals surface area contributed by atoms with Gasteiger partial charge in [0.05, 0.1) is 31.5 Å². The first-order chi connectivity index (χ1) is 15.8. The largest absolute Gasteiger partial charge is 0.497 e. The van der Waals surface area contributed by atoms with E-state index >= 15 is 0 Å². The maximum absolute atomic E-state index is 14.3. The van der Waals surface area contributed by atoms with Gasteiger partial charge in [-0.2, -0.15) is 23.3 Å². The van der Waals surface area contributed by atoms with Gasteiger partial charge in [-0.3, -0.25) is 0 Å². The number of aliphatic hydroxyl groups is 1. The Bertz CT molecular complexity index is 1230. The summed E-state index contributed by atoms with van der Waals surface area (Å²) >= 11 is 0.999. The molecule has 0 fully saturated rings. The maximum atomic E-state index is 14.3. The minimum Gasteiger partial charge on any atom is -0.497 e. The van der Waals surface area contributed by atoms with Crippen LogP contribution in [0.5, 0.6) is 11.5 Å². The number of nitrogens with zero attached hydrogens (tertiary/aromatic N) is 3. The molecule has 2 heterocycles. The third kappa shape index (κ3) is 3.36. The van der Waals surface area contributed by atoms with Crippen LogP contribution < -0.4 is 14.5 Å². The van der Waals surface area contributed by atoms with Crippen LogP contribution in [-0.4, -0.2) is 41.9 Å². The van der Waals surface area contributed by atoms with Crippen molar-refractivity contribution in [1.29, 1.82) is 0 Å². The molecule has 2 aliphatic rings. The van der Waals surface area contributed by atoms with Crippen LogP contribution in [0.15, 0.2) is 52.9 Å². The fraction of sp³-hybridized carbons (Fsp3) is 0.304. The molecule has 1 aliphatic carbocycles. The van der Waals surface area contributed by atoms with Crippen LogP contribution in [0.4, 0.5) is 18.3 Å². The number of aryl methyl sites for hydroxylation is 1. The summed E-state index contributed by atoms with van der Waals surface area (Å²) in [6.07, 6.45) is -4.47. The molecule has 2 aromatic carbocycles. The standard InChI is InChI=1S/C23H20F3N3O3S/c1-31-15-6-3-13(4-7-15)19-12-33-21(27-19)29-22(30,23(24,25)26)18-10-5-14-11-16(32-2)8-9-17(14)20(18)28-29/h3-4,6-9,11-12,18,30H,5,10H2,1-2H3/t18-,22+/m0/s1. The Morgan fingerprint density at radius 1 is 1.09 bits per heavy atom. The van der Waals surface area contributed by atoms with Crippen molar-refractivity contribution in [1.82, 2.24) is 4.98 Å². The van der Waals surface area contributed by atoms with Crippen molar-refractivity contribution in [3.8, 4) is 22.8 Å². The molecule has 6 nitrogen and oxygen atoms in total. The average Bonchev–Trinajstić information content (AvgIpc) is 3.42. The maximum Gasteiger partial charge on any atom is 0.439 e. The highest BCUT2D eigenvalue weighted by Crippen LogP contribution is 2.51. The summed E-state index contributed by atoms with van der Waals surface area (Å²) in [4.78, 5) is 4.38. The second kappa shape index (κ2) is 7.74. The molecule has 1 N–H and O–H groups in total. The van der Waals surface area contributed by atoms with Crippen LogP contribution in [0.1, 0.15) is 17.5 Å². The number of hydrazone groups is 1. The Balaban J connectivity index is 1.58. The number of anilines is 1. The summed E-state index contributed by atoms with van der Waals surface area (Å²) < 4.78 is 53.4. The molecule has 0 amide bonds. The highest BCUT2D eigenvalue weighted by Gasteiger charge is 2.68. The average molecular weight is 475 g/mol. The first-order valence-electron chi connectivity index (χ1n) is 10.2. The van der Waals surface area contributed by atoms with Gasteiger partial charge in [-0.1, -0.05) is 0 Å². The van der Waals surface area contributed by atoms with E-state index in [0.29, 0.717) is 34.2 Å². The highest BCUT2D eigenvalue weighted by atomic mass is 32.1. The fourth-order valence-corrected chi connectivity index (χ4v) is 5.22. The number of benzene rings is 2. The Kier molecular flexibility index (Phi) is 5.09. The number of aromatic nitrogens is 1. The molecule has 5 rings (SSSR count). The van der Waals surface area contributed by atoms with Crippen LogP contribution in [0, 0.1) is 5.92 Å². The van der Waals surface area contributed by atoms with Gasteiger partial charge in [-0.15, -0.1) is 11.3 Å². The Hall–Kier alpha value is -3.11. The number of ether oxygens (including phenoxy) is 2. The molecule has 10 heteroatoms. The number of methoxy groups -OCH3 is 2. The van der Waals surface area contributed by atoms with Gasteiger partial charge in [0.2, 0.25) is 5.13 Å². The van der Waals surface area contributed by atoms with E-state index in [0.717, 1.165) is 22.5 Å². The number of fused-ring (bicyclic) bond motifs is 3. The summed E-state index contributed by atoms with van der Waals surface area (Å²) in [5.41, 5.74) is -0.342. The van der Waals surface area contributed by atoms with Crippen LogP contribution in [-0.2, 0) is 6.42 Å². The summed E-state index contributed by atoms with van der Waals surface area (Å²) in [6, 6.07) is 12.2. The molecule has 0 unspecified atom stereocenters. The van der Waals surface area contributed by atoms with Crippen LogP contribution in [0.25, 0.3) is 11.3 Å². The van der Waals surface area contributed by atoms with Gasteiger partial charge in [0.15, 0.2) is 0 Å². The van der Waals surface area contributed by atoms with E-state index in [1.54, 1.807) is 55.0 Å². The molecule has 0 spiro atoms.